The molecule has 1 aliphatic heterocycles. The fraction of sp³-hybridized carbons (Fsp3) is 0.438. The summed E-state index contributed by atoms with van der Waals surface area (Å²) in [5, 5.41) is 18.4. The maximum atomic E-state index is 13.1. The van der Waals surface area contributed by atoms with Gasteiger partial charge in [-0.3, -0.25) is 9.69 Å². The van der Waals surface area contributed by atoms with Crippen molar-refractivity contribution in [3.8, 4) is 6.07 Å². The lowest BCUT2D eigenvalue weighted by atomic mass is 9.49. The lowest BCUT2D eigenvalue weighted by Crippen LogP contribution is -2.41. The van der Waals surface area contributed by atoms with E-state index in [0.29, 0.717) is 40.5 Å². The van der Waals surface area contributed by atoms with Crippen molar-refractivity contribution in [1.82, 2.24) is 24.8 Å². The molecule has 1 saturated heterocycles. The maximum Gasteiger partial charge on any atom is 0.393 e. The first-order valence-corrected chi connectivity index (χ1v) is 16.5. The minimum absolute atomic E-state index is 0.0122. The second-order valence-corrected chi connectivity index (χ2v) is 13.9. The molecule has 48 heavy (non-hydrogen) atoms. The van der Waals surface area contributed by atoms with Crippen LogP contribution in [0, 0.1) is 24.2 Å². The molecule has 1 aromatic carbocycles. The molecular weight excluding hydrogens is 634 g/mol. The van der Waals surface area contributed by atoms with Crippen molar-refractivity contribution in [2.75, 3.05) is 23.7 Å². The van der Waals surface area contributed by atoms with Gasteiger partial charge in [-0.1, -0.05) is 17.9 Å². The van der Waals surface area contributed by atoms with Crippen molar-refractivity contribution in [2.45, 2.75) is 69.6 Å². The predicted octanol–water partition coefficient (Wildman–Crippen LogP) is 4.58. The van der Waals surface area contributed by atoms with E-state index in [1.54, 1.807) is 0 Å². The van der Waals surface area contributed by atoms with Crippen LogP contribution in [-0.2, 0) is 24.3 Å². The second kappa shape index (κ2) is 13.2. The number of benzene rings is 1. The number of anilines is 2. The summed E-state index contributed by atoms with van der Waals surface area (Å²) >= 11 is 0.934. The molecule has 1 amide bonds. The van der Waals surface area contributed by atoms with Gasteiger partial charge in [0.2, 0.25) is 11.9 Å². The lowest BCUT2D eigenvalue weighted by molar-refractivity contribution is -0.126. The molecule has 1 aliphatic carbocycles. The van der Waals surface area contributed by atoms with Gasteiger partial charge in [0.15, 0.2) is 0 Å². The number of aryl methyl sites for hydroxylation is 1. The third kappa shape index (κ3) is 8.01. The number of halogens is 3. The molecule has 242 valence electrons. The largest absolute Gasteiger partial charge is 0.393 e. The van der Waals surface area contributed by atoms with E-state index in [0.717, 1.165) is 72.1 Å². The van der Waals surface area contributed by atoms with Crippen LogP contribution in [0.15, 0.2) is 36.5 Å². The summed E-state index contributed by atoms with van der Waals surface area (Å²) in [6.45, 7) is 8.67. The van der Waals surface area contributed by atoms with Gasteiger partial charge in [0, 0.05) is 53.1 Å². The lowest BCUT2D eigenvalue weighted by Gasteiger charge is -2.33. The number of alkyl halides is 3. The Kier molecular flexibility index (Phi) is 9.30. The Labute approximate surface area is 284 Å². The quantitative estimate of drug-likeness (QED) is 0.201. The highest BCUT2D eigenvalue weighted by Gasteiger charge is 2.31. The molecule has 3 aromatic heterocycles. The van der Waals surface area contributed by atoms with E-state index in [-0.39, 0.29) is 28.7 Å². The Bertz CT molecular complexity index is 1920. The highest BCUT2D eigenvalue weighted by molar-refractivity contribution is 7.18. The zero-order chi connectivity index (χ0) is 34.4. The van der Waals surface area contributed by atoms with Gasteiger partial charge in [0.05, 0.1) is 41.9 Å². The Morgan fingerprint density at radius 3 is 2.50 bits per heavy atom. The number of nitriles is 1. The number of allylic oxidation sites excluding steroid dienone is 1. The van der Waals surface area contributed by atoms with Crippen molar-refractivity contribution in [3.05, 3.63) is 58.2 Å². The van der Waals surface area contributed by atoms with Gasteiger partial charge in [0.1, 0.15) is 22.4 Å². The molecule has 1 saturated carbocycles. The van der Waals surface area contributed by atoms with E-state index in [4.69, 9.17) is 23.5 Å². The third-order valence-corrected chi connectivity index (χ3v) is 9.68. The number of fused-ring (bicyclic) bond motifs is 2. The zero-order valence-electron chi connectivity index (χ0n) is 26.5. The van der Waals surface area contributed by atoms with Crippen LogP contribution in [0.5, 0.6) is 0 Å². The van der Waals surface area contributed by atoms with Crippen LogP contribution in [-0.4, -0.2) is 79.4 Å². The number of nitrogens with one attached hydrogen (secondary N) is 3. The molecular formula is C32H32B3F3N8OS. The molecule has 0 bridgehead atoms. The molecule has 6 rings (SSSR count). The van der Waals surface area contributed by atoms with Gasteiger partial charge < -0.3 is 20.5 Å². The van der Waals surface area contributed by atoms with Crippen LogP contribution in [0.3, 0.4) is 0 Å². The van der Waals surface area contributed by atoms with Crippen LogP contribution >= 0.6 is 11.3 Å². The Morgan fingerprint density at radius 2 is 1.85 bits per heavy atom. The summed E-state index contributed by atoms with van der Waals surface area (Å²) in [5.74, 6) is 0.464. The number of likely N-dealkylation sites (tertiary alicyclic amines) is 1. The number of carbonyl (C=O) groups is 1. The summed E-state index contributed by atoms with van der Waals surface area (Å²) in [7, 11) is 17.0. The molecule has 4 aromatic rings. The van der Waals surface area contributed by atoms with Gasteiger partial charge >= 0.3 is 6.18 Å². The summed E-state index contributed by atoms with van der Waals surface area (Å²) in [6.07, 6.45) is -2.07. The van der Waals surface area contributed by atoms with E-state index in [1.807, 2.05) is 16.7 Å². The number of hydrogen-bond acceptors (Lipinski definition) is 8. The smallest absolute Gasteiger partial charge is 0.374 e. The molecule has 6 radical (unpaired) electrons. The molecule has 2 fully saturated rings. The average Bonchev–Trinajstić information content (AvgIpc) is 3.68. The molecule has 0 atom stereocenters. The first-order chi connectivity index (χ1) is 22.7. The molecule has 16 heteroatoms. The number of carbonyl (C=O) groups excluding carboxylic acids is 1. The molecule has 3 N–H and O–H groups in total. The molecule has 9 nitrogen and oxygen atoms in total. The number of rotatable bonds is 11. The first-order valence-electron chi connectivity index (χ1n) is 15.7. The SMILES string of the molecule is [B]C([B])([B])Nc1nc(NC2CCN(Cc3ccc4c(cc(C#N)n4CC(=C)NC(=O)C4CC4)c3C)CC2)c2cc(CC(F)(F)F)sc2n1. The molecule has 2 aliphatic rings. The summed E-state index contributed by atoms with van der Waals surface area (Å²) in [5.41, 5.74) is 4.20. The van der Waals surface area contributed by atoms with Crippen LogP contribution in [0.25, 0.3) is 21.1 Å². The standard InChI is InChI=1S/C32H32B3F3N8OS/c1-17(40-28(47)19-3-4-19)15-46-22(14-39)11-24-18(2)20(5-6-26(24)46)16-45-9-7-21(8-10-45)41-27-25-12-23(13-31(36,37)38)48-29(25)43-30(42-27)44-32(33,34)35/h5-6,11-12,19,21H,1,3-4,7-10,13,15-16H2,2H3,(H,40,47)(H2,41,42,43,44). The number of amides is 1. The van der Waals surface area contributed by atoms with Crippen LogP contribution < -0.4 is 16.0 Å². The van der Waals surface area contributed by atoms with Gasteiger partial charge in [-0.25, -0.2) is 4.98 Å². The monoisotopic (exact) mass is 666 g/mol. The molecule has 0 spiro atoms. The topological polar surface area (TPSA) is 111 Å². The number of aromatic nitrogens is 3. The Balaban J connectivity index is 1.13. The Morgan fingerprint density at radius 1 is 1.12 bits per heavy atom. The fourth-order valence-electron chi connectivity index (χ4n) is 6.09. The fourth-order valence-corrected chi connectivity index (χ4v) is 7.15. The maximum absolute atomic E-state index is 13.1. The van der Waals surface area contributed by atoms with E-state index >= 15 is 0 Å². The van der Waals surface area contributed by atoms with E-state index in [1.165, 1.54) is 6.07 Å². The first kappa shape index (κ1) is 33.9. The third-order valence-electron chi connectivity index (χ3n) is 8.65. The van der Waals surface area contributed by atoms with Gasteiger partial charge in [-0.05, 0) is 61.9 Å². The Hall–Kier alpha value is -3.96. The van der Waals surface area contributed by atoms with E-state index in [2.05, 4.69) is 56.5 Å². The summed E-state index contributed by atoms with van der Waals surface area (Å²) in [6, 6.07) is 9.75. The van der Waals surface area contributed by atoms with Crippen LogP contribution in [0.1, 0.15) is 47.4 Å². The normalized spacial score (nSPS) is 16.2. The van der Waals surface area contributed by atoms with E-state index < -0.39 is 17.8 Å². The van der Waals surface area contributed by atoms with Gasteiger partial charge in [-0.2, -0.15) is 23.4 Å². The number of piperidine rings is 1. The van der Waals surface area contributed by atoms with Gasteiger partial charge in [-0.15, -0.1) is 11.3 Å². The van der Waals surface area contributed by atoms with E-state index in [9.17, 15) is 23.2 Å². The van der Waals surface area contributed by atoms with Crippen molar-refractivity contribution < 1.29 is 18.0 Å². The van der Waals surface area contributed by atoms with Gasteiger partial charge in [0.25, 0.3) is 0 Å². The molecule has 4 heterocycles. The number of nitrogens with zero attached hydrogens (tertiary/aromatic N) is 5. The van der Waals surface area contributed by atoms with Crippen molar-refractivity contribution in [3.63, 3.8) is 0 Å². The number of hydrogen-bond donors (Lipinski definition) is 3. The van der Waals surface area contributed by atoms with Crippen molar-refractivity contribution in [1.29, 1.82) is 5.26 Å². The highest BCUT2D eigenvalue weighted by atomic mass is 32.1. The summed E-state index contributed by atoms with van der Waals surface area (Å²) < 4.78 is 41.3. The van der Waals surface area contributed by atoms with Crippen LogP contribution in [0.2, 0.25) is 0 Å². The van der Waals surface area contributed by atoms with Crippen molar-refractivity contribution >= 4 is 73.7 Å². The minimum Gasteiger partial charge on any atom is -0.374 e. The minimum atomic E-state index is -4.36. The highest BCUT2D eigenvalue weighted by Crippen LogP contribution is 2.35. The number of thiophene rings is 1. The average molecular weight is 666 g/mol. The predicted molar refractivity (Wildman–Crippen MR) is 184 cm³/mol. The molecule has 0 unspecified atom stereocenters. The van der Waals surface area contributed by atoms with Crippen molar-refractivity contribution in [2.24, 2.45) is 5.92 Å². The summed E-state index contributed by atoms with van der Waals surface area (Å²) in [4.78, 5) is 23.8. The van der Waals surface area contributed by atoms with Crippen LogP contribution in [0.4, 0.5) is 24.9 Å². The zero-order valence-corrected chi connectivity index (χ0v) is 27.3. The second-order valence-electron chi connectivity index (χ2n) is 12.7.